The molecule has 0 spiro atoms. The zero-order chi connectivity index (χ0) is 18.2. The van der Waals surface area contributed by atoms with E-state index < -0.39 is 10.0 Å². The Balaban J connectivity index is 1.64. The van der Waals surface area contributed by atoms with Crippen molar-refractivity contribution in [1.82, 2.24) is 9.21 Å². The van der Waals surface area contributed by atoms with Crippen molar-refractivity contribution in [2.24, 2.45) is 5.92 Å². The highest BCUT2D eigenvalue weighted by Crippen LogP contribution is 2.31. The number of sulfonamides is 1. The molecule has 1 aliphatic heterocycles. The topological polar surface area (TPSA) is 66.9 Å². The SMILES string of the molecule is CC(C)(C)Oc1ccc(S(=O)(=O)N2CCN(C(=O)C3CC3)CC2)cc1. The number of hydrogen-bond donors (Lipinski definition) is 0. The summed E-state index contributed by atoms with van der Waals surface area (Å²) in [6, 6.07) is 6.53. The Hall–Kier alpha value is -1.60. The predicted octanol–water partition coefficient (Wildman–Crippen LogP) is 2.11. The Morgan fingerprint density at radius 3 is 2.08 bits per heavy atom. The Morgan fingerprint density at radius 2 is 1.60 bits per heavy atom. The van der Waals surface area contributed by atoms with Crippen LogP contribution in [0.15, 0.2) is 29.2 Å². The van der Waals surface area contributed by atoms with Gasteiger partial charge in [0.15, 0.2) is 0 Å². The van der Waals surface area contributed by atoms with Gasteiger partial charge in [0.2, 0.25) is 15.9 Å². The Bertz CT molecular complexity index is 725. The average molecular weight is 366 g/mol. The standard InChI is InChI=1S/C18H26N2O4S/c1-18(2,3)24-15-6-8-16(9-7-15)25(22,23)20-12-10-19(11-13-20)17(21)14-4-5-14/h6-9,14H,4-5,10-13H2,1-3H3. The Labute approximate surface area is 149 Å². The van der Waals surface area contributed by atoms with Gasteiger partial charge in [-0.15, -0.1) is 0 Å². The van der Waals surface area contributed by atoms with Gasteiger partial charge >= 0.3 is 0 Å². The third kappa shape index (κ3) is 4.33. The van der Waals surface area contributed by atoms with Crippen molar-refractivity contribution in [2.75, 3.05) is 26.2 Å². The largest absolute Gasteiger partial charge is 0.488 e. The van der Waals surface area contributed by atoms with Crippen LogP contribution in [0.3, 0.4) is 0 Å². The van der Waals surface area contributed by atoms with Crippen molar-refractivity contribution in [3.8, 4) is 5.75 Å². The average Bonchev–Trinajstić information content (AvgIpc) is 3.38. The fourth-order valence-electron chi connectivity index (χ4n) is 2.92. The lowest BCUT2D eigenvalue weighted by Crippen LogP contribution is -2.50. The molecular formula is C18H26N2O4S. The molecule has 1 aromatic carbocycles. The highest BCUT2D eigenvalue weighted by Gasteiger charge is 2.36. The summed E-state index contributed by atoms with van der Waals surface area (Å²) in [6.07, 6.45) is 1.95. The molecular weight excluding hydrogens is 340 g/mol. The van der Waals surface area contributed by atoms with E-state index in [-0.39, 0.29) is 22.3 Å². The molecule has 1 saturated heterocycles. The molecule has 2 aliphatic rings. The molecule has 1 saturated carbocycles. The molecule has 138 valence electrons. The van der Waals surface area contributed by atoms with Crippen molar-refractivity contribution >= 4 is 15.9 Å². The lowest BCUT2D eigenvalue weighted by Gasteiger charge is -2.34. The zero-order valence-electron chi connectivity index (χ0n) is 15.1. The van der Waals surface area contributed by atoms with Crippen molar-refractivity contribution in [3.63, 3.8) is 0 Å². The van der Waals surface area contributed by atoms with E-state index in [2.05, 4.69) is 0 Å². The van der Waals surface area contributed by atoms with Crippen LogP contribution in [0.1, 0.15) is 33.6 Å². The quantitative estimate of drug-likeness (QED) is 0.818. The van der Waals surface area contributed by atoms with E-state index in [4.69, 9.17) is 4.74 Å². The number of benzene rings is 1. The molecule has 3 rings (SSSR count). The molecule has 1 aromatic rings. The molecule has 0 aromatic heterocycles. The van der Waals surface area contributed by atoms with Gasteiger partial charge in [-0.1, -0.05) is 0 Å². The fraction of sp³-hybridized carbons (Fsp3) is 0.611. The van der Waals surface area contributed by atoms with E-state index >= 15 is 0 Å². The second-order valence-electron chi connectivity index (χ2n) is 7.69. The molecule has 0 N–H and O–H groups in total. The lowest BCUT2D eigenvalue weighted by molar-refractivity contribution is -0.133. The van der Waals surface area contributed by atoms with Crippen LogP contribution in [0.5, 0.6) is 5.75 Å². The summed E-state index contributed by atoms with van der Waals surface area (Å²) in [6.45, 7) is 7.47. The second-order valence-corrected chi connectivity index (χ2v) is 9.63. The molecule has 25 heavy (non-hydrogen) atoms. The van der Waals surface area contributed by atoms with Crippen LogP contribution >= 0.6 is 0 Å². The summed E-state index contributed by atoms with van der Waals surface area (Å²) in [5.74, 6) is 1.01. The first-order valence-electron chi connectivity index (χ1n) is 8.75. The van der Waals surface area contributed by atoms with E-state index in [1.807, 2.05) is 20.8 Å². The van der Waals surface area contributed by atoms with Crippen LogP contribution in [0, 0.1) is 5.92 Å². The summed E-state index contributed by atoms with van der Waals surface area (Å²) < 4.78 is 32.8. The van der Waals surface area contributed by atoms with Crippen LogP contribution in [0.2, 0.25) is 0 Å². The van der Waals surface area contributed by atoms with Crippen LogP contribution in [-0.4, -0.2) is 55.3 Å². The van der Waals surface area contributed by atoms with E-state index in [1.54, 1.807) is 29.2 Å². The highest BCUT2D eigenvalue weighted by molar-refractivity contribution is 7.89. The molecule has 0 atom stereocenters. The molecule has 0 unspecified atom stereocenters. The molecule has 0 radical (unpaired) electrons. The van der Waals surface area contributed by atoms with Gasteiger partial charge in [-0.2, -0.15) is 4.31 Å². The van der Waals surface area contributed by atoms with Gasteiger partial charge in [0.05, 0.1) is 4.90 Å². The zero-order valence-corrected chi connectivity index (χ0v) is 15.9. The maximum Gasteiger partial charge on any atom is 0.243 e. The van der Waals surface area contributed by atoms with Gasteiger partial charge in [-0.05, 0) is 57.9 Å². The van der Waals surface area contributed by atoms with E-state index in [0.29, 0.717) is 31.9 Å². The van der Waals surface area contributed by atoms with Crippen LogP contribution in [0.25, 0.3) is 0 Å². The highest BCUT2D eigenvalue weighted by atomic mass is 32.2. The Morgan fingerprint density at radius 1 is 1.04 bits per heavy atom. The maximum atomic E-state index is 12.8. The minimum atomic E-state index is -3.54. The van der Waals surface area contributed by atoms with Gasteiger partial charge in [0.25, 0.3) is 0 Å². The van der Waals surface area contributed by atoms with Crippen LogP contribution < -0.4 is 4.74 Å². The maximum absolute atomic E-state index is 12.8. The number of piperazine rings is 1. The summed E-state index contributed by atoms with van der Waals surface area (Å²) in [5, 5.41) is 0. The van der Waals surface area contributed by atoms with Crippen LogP contribution in [0.4, 0.5) is 0 Å². The first-order chi connectivity index (χ1) is 11.7. The lowest BCUT2D eigenvalue weighted by atomic mass is 10.2. The van der Waals surface area contributed by atoms with Gasteiger partial charge in [0.1, 0.15) is 11.4 Å². The molecule has 1 aliphatic carbocycles. The number of carbonyl (C=O) groups excluding carboxylic acids is 1. The monoisotopic (exact) mass is 366 g/mol. The van der Waals surface area contributed by atoms with E-state index in [1.165, 1.54) is 4.31 Å². The van der Waals surface area contributed by atoms with Crippen LogP contribution in [-0.2, 0) is 14.8 Å². The molecule has 1 heterocycles. The fourth-order valence-corrected chi connectivity index (χ4v) is 4.34. The predicted molar refractivity (Wildman–Crippen MR) is 94.9 cm³/mol. The second kappa shape index (κ2) is 6.61. The number of carbonyl (C=O) groups is 1. The minimum Gasteiger partial charge on any atom is -0.488 e. The summed E-state index contributed by atoms with van der Waals surface area (Å²) in [7, 11) is -3.54. The molecule has 7 heteroatoms. The third-order valence-corrected chi connectivity index (χ3v) is 6.28. The van der Waals surface area contributed by atoms with Gasteiger partial charge in [-0.25, -0.2) is 8.42 Å². The first-order valence-corrected chi connectivity index (χ1v) is 10.2. The normalized spacial score (nSPS) is 19.7. The van der Waals surface area contributed by atoms with E-state index in [0.717, 1.165) is 12.8 Å². The molecule has 0 bridgehead atoms. The molecule has 6 nitrogen and oxygen atoms in total. The third-order valence-electron chi connectivity index (χ3n) is 4.36. The van der Waals surface area contributed by atoms with Crippen molar-refractivity contribution in [2.45, 2.75) is 44.1 Å². The smallest absolute Gasteiger partial charge is 0.243 e. The van der Waals surface area contributed by atoms with Crippen molar-refractivity contribution < 1.29 is 17.9 Å². The van der Waals surface area contributed by atoms with Gasteiger partial charge in [-0.3, -0.25) is 4.79 Å². The van der Waals surface area contributed by atoms with E-state index in [9.17, 15) is 13.2 Å². The molecule has 1 amide bonds. The molecule has 2 fully saturated rings. The van der Waals surface area contributed by atoms with Gasteiger partial charge in [0, 0.05) is 32.1 Å². The summed E-state index contributed by atoms with van der Waals surface area (Å²) in [5.41, 5.74) is -0.329. The van der Waals surface area contributed by atoms with Crippen molar-refractivity contribution in [3.05, 3.63) is 24.3 Å². The number of ether oxygens (including phenoxy) is 1. The minimum absolute atomic E-state index is 0.179. The number of hydrogen-bond acceptors (Lipinski definition) is 4. The number of nitrogens with zero attached hydrogens (tertiary/aromatic N) is 2. The number of rotatable bonds is 4. The van der Waals surface area contributed by atoms with Crippen molar-refractivity contribution in [1.29, 1.82) is 0 Å². The first kappa shape index (κ1) is 18.2. The van der Waals surface area contributed by atoms with Gasteiger partial charge < -0.3 is 9.64 Å². The summed E-state index contributed by atoms with van der Waals surface area (Å²) in [4.78, 5) is 14.1. The number of amides is 1. The Kier molecular flexibility index (Phi) is 4.81. The summed E-state index contributed by atoms with van der Waals surface area (Å²) >= 11 is 0.